The Morgan fingerprint density at radius 3 is 2.57 bits per heavy atom. The molecule has 0 spiro atoms. The molecule has 9 nitrogen and oxygen atoms in total. The topological polar surface area (TPSA) is 111 Å². The molecule has 1 saturated heterocycles. The molecular formula is C20H26N4O5S. The summed E-state index contributed by atoms with van der Waals surface area (Å²) in [5.41, 5.74) is 1.97. The number of nitrogens with one attached hydrogen (secondary N) is 1. The summed E-state index contributed by atoms with van der Waals surface area (Å²) in [5.74, 6) is -0.330. The summed E-state index contributed by atoms with van der Waals surface area (Å²) in [5, 5.41) is 7.10. The van der Waals surface area contributed by atoms with Crippen LogP contribution < -0.4 is 5.32 Å². The minimum Gasteiger partial charge on any atom is -0.379 e. The largest absolute Gasteiger partial charge is 0.379 e. The molecule has 1 aliphatic rings. The molecule has 2 heterocycles. The fourth-order valence-electron chi connectivity index (χ4n) is 3.43. The van der Waals surface area contributed by atoms with Gasteiger partial charge in [0.05, 0.1) is 31.1 Å². The molecule has 0 atom stereocenters. The number of morpholine rings is 1. The molecular weight excluding hydrogens is 408 g/mol. The van der Waals surface area contributed by atoms with E-state index < -0.39 is 10.0 Å². The number of benzene rings is 1. The molecule has 1 aliphatic heterocycles. The third-order valence-corrected chi connectivity index (χ3v) is 7.14. The smallest absolute Gasteiger partial charge is 0.246 e. The Labute approximate surface area is 176 Å². The first kappa shape index (κ1) is 22.1. The van der Waals surface area contributed by atoms with E-state index in [1.165, 1.54) is 11.2 Å². The number of hydrogen-bond acceptors (Lipinski definition) is 6. The van der Waals surface area contributed by atoms with Crippen molar-refractivity contribution >= 4 is 27.4 Å². The fraction of sp³-hybridized carbons (Fsp3) is 0.450. The van der Waals surface area contributed by atoms with Gasteiger partial charge in [0.15, 0.2) is 5.78 Å². The van der Waals surface area contributed by atoms with Crippen LogP contribution in [0.5, 0.6) is 0 Å². The van der Waals surface area contributed by atoms with Gasteiger partial charge in [-0.05, 0) is 32.9 Å². The van der Waals surface area contributed by atoms with Crippen molar-refractivity contribution in [1.82, 2.24) is 14.1 Å². The highest BCUT2D eigenvalue weighted by Crippen LogP contribution is 2.24. The standard InChI is InChI=1S/C20H26N4O5S/c1-14-20(30(27,28)23-9-11-29-12-10-23)15(2)24(22-14)8-7-19(26)21-18-6-4-5-17(13-18)16(3)25/h4-6,13H,7-12H2,1-3H3,(H,21,26). The quantitative estimate of drug-likeness (QED) is 0.665. The molecule has 3 rings (SSSR count). The zero-order valence-corrected chi connectivity index (χ0v) is 18.2. The van der Waals surface area contributed by atoms with E-state index in [2.05, 4.69) is 10.4 Å². The Balaban J connectivity index is 1.69. The van der Waals surface area contributed by atoms with Gasteiger partial charge in [-0.1, -0.05) is 12.1 Å². The average Bonchev–Trinajstić information content (AvgIpc) is 3.01. The Hall–Kier alpha value is -2.56. The second kappa shape index (κ2) is 9.07. The number of rotatable bonds is 7. The number of ketones is 1. The van der Waals surface area contributed by atoms with Gasteiger partial charge < -0.3 is 10.1 Å². The highest BCUT2D eigenvalue weighted by Gasteiger charge is 2.32. The summed E-state index contributed by atoms with van der Waals surface area (Å²) < 4.78 is 34.2. The Morgan fingerprint density at radius 2 is 1.90 bits per heavy atom. The molecule has 0 saturated carbocycles. The second-order valence-electron chi connectivity index (χ2n) is 7.17. The van der Waals surface area contributed by atoms with Crippen LogP contribution in [-0.4, -0.2) is 60.5 Å². The average molecular weight is 435 g/mol. The van der Waals surface area contributed by atoms with Crippen LogP contribution in [0.2, 0.25) is 0 Å². The molecule has 1 amide bonds. The van der Waals surface area contributed by atoms with Gasteiger partial charge in [0.1, 0.15) is 4.90 Å². The number of nitrogens with zero attached hydrogens (tertiary/aromatic N) is 3. The Morgan fingerprint density at radius 1 is 1.20 bits per heavy atom. The number of aromatic nitrogens is 2. The number of sulfonamides is 1. The van der Waals surface area contributed by atoms with Gasteiger partial charge in [-0.2, -0.15) is 9.40 Å². The van der Waals surface area contributed by atoms with E-state index >= 15 is 0 Å². The van der Waals surface area contributed by atoms with Crippen LogP contribution in [0.4, 0.5) is 5.69 Å². The third-order valence-electron chi connectivity index (χ3n) is 4.99. The number of anilines is 1. The van der Waals surface area contributed by atoms with Gasteiger partial charge in [-0.15, -0.1) is 0 Å². The molecule has 0 radical (unpaired) electrons. The van der Waals surface area contributed by atoms with Crippen LogP contribution in [0.15, 0.2) is 29.2 Å². The zero-order valence-electron chi connectivity index (χ0n) is 17.3. The van der Waals surface area contributed by atoms with Crippen molar-refractivity contribution in [2.24, 2.45) is 0 Å². The molecule has 1 aromatic heterocycles. The van der Waals surface area contributed by atoms with Crippen LogP contribution in [0.1, 0.15) is 35.1 Å². The first-order valence-corrected chi connectivity index (χ1v) is 11.2. The van der Waals surface area contributed by atoms with Crippen LogP contribution in [-0.2, 0) is 26.1 Å². The van der Waals surface area contributed by atoms with Gasteiger partial charge in [0, 0.05) is 30.8 Å². The minimum atomic E-state index is -3.67. The van der Waals surface area contributed by atoms with Crippen molar-refractivity contribution in [3.8, 4) is 0 Å². The molecule has 1 fully saturated rings. The first-order chi connectivity index (χ1) is 14.2. The number of ether oxygens (including phenoxy) is 1. The summed E-state index contributed by atoms with van der Waals surface area (Å²) in [4.78, 5) is 24.0. The lowest BCUT2D eigenvalue weighted by molar-refractivity contribution is -0.116. The summed E-state index contributed by atoms with van der Waals surface area (Å²) in [6, 6.07) is 6.72. The van der Waals surface area contributed by atoms with Gasteiger partial charge in [0.25, 0.3) is 0 Å². The number of carbonyl (C=O) groups excluding carboxylic acids is 2. The predicted octanol–water partition coefficient (Wildman–Crippen LogP) is 1.75. The van der Waals surface area contributed by atoms with Crippen LogP contribution >= 0.6 is 0 Å². The van der Waals surface area contributed by atoms with Crippen molar-refractivity contribution < 1.29 is 22.7 Å². The van der Waals surface area contributed by atoms with Crippen LogP contribution in [0.25, 0.3) is 0 Å². The van der Waals surface area contributed by atoms with E-state index in [9.17, 15) is 18.0 Å². The Bertz CT molecular complexity index is 1060. The number of hydrogen-bond donors (Lipinski definition) is 1. The van der Waals surface area contributed by atoms with Crippen LogP contribution in [0, 0.1) is 13.8 Å². The molecule has 0 unspecified atom stereocenters. The van der Waals surface area contributed by atoms with Crippen molar-refractivity contribution in [2.45, 2.75) is 38.6 Å². The summed E-state index contributed by atoms with van der Waals surface area (Å²) >= 11 is 0. The van der Waals surface area contributed by atoms with E-state index in [0.29, 0.717) is 48.9 Å². The van der Waals surface area contributed by atoms with Gasteiger partial charge in [-0.3, -0.25) is 14.3 Å². The van der Waals surface area contributed by atoms with Crippen molar-refractivity contribution in [2.75, 3.05) is 31.6 Å². The lowest BCUT2D eigenvalue weighted by atomic mass is 10.1. The molecule has 0 aliphatic carbocycles. The maximum absolute atomic E-state index is 13.0. The highest BCUT2D eigenvalue weighted by atomic mass is 32.2. The first-order valence-electron chi connectivity index (χ1n) is 9.73. The monoisotopic (exact) mass is 434 g/mol. The number of amides is 1. The third kappa shape index (κ3) is 4.77. The van der Waals surface area contributed by atoms with E-state index in [1.807, 2.05) is 0 Å². The maximum atomic E-state index is 13.0. The van der Waals surface area contributed by atoms with E-state index in [-0.39, 0.29) is 29.6 Å². The molecule has 1 N–H and O–H groups in total. The number of carbonyl (C=O) groups is 2. The summed E-state index contributed by atoms with van der Waals surface area (Å²) in [6.07, 6.45) is 0.114. The molecule has 0 bridgehead atoms. The van der Waals surface area contributed by atoms with Gasteiger partial charge in [-0.25, -0.2) is 8.42 Å². The molecule has 10 heteroatoms. The van der Waals surface area contributed by atoms with Gasteiger partial charge >= 0.3 is 0 Å². The lowest BCUT2D eigenvalue weighted by Gasteiger charge is -2.26. The van der Waals surface area contributed by atoms with Gasteiger partial charge in [0.2, 0.25) is 15.9 Å². The molecule has 30 heavy (non-hydrogen) atoms. The zero-order chi connectivity index (χ0) is 21.9. The minimum absolute atomic E-state index is 0.0808. The van der Waals surface area contributed by atoms with Crippen molar-refractivity contribution in [1.29, 1.82) is 0 Å². The van der Waals surface area contributed by atoms with E-state index in [0.717, 1.165) is 0 Å². The Kier molecular flexibility index (Phi) is 6.69. The normalized spacial score (nSPS) is 15.2. The second-order valence-corrected chi connectivity index (χ2v) is 9.05. The van der Waals surface area contributed by atoms with Crippen molar-refractivity contribution in [3.63, 3.8) is 0 Å². The van der Waals surface area contributed by atoms with E-state index in [1.54, 1.807) is 42.8 Å². The maximum Gasteiger partial charge on any atom is 0.246 e. The predicted molar refractivity (Wildman–Crippen MR) is 111 cm³/mol. The number of Topliss-reactive ketones (excluding diaryl/α,β-unsaturated/α-hetero) is 1. The molecule has 1 aromatic carbocycles. The molecule has 2 aromatic rings. The number of aryl methyl sites for hydroxylation is 2. The summed E-state index contributed by atoms with van der Waals surface area (Å²) in [6.45, 7) is 6.43. The fourth-order valence-corrected chi connectivity index (χ4v) is 5.22. The molecule has 162 valence electrons. The van der Waals surface area contributed by atoms with E-state index in [4.69, 9.17) is 4.74 Å². The van der Waals surface area contributed by atoms with Crippen LogP contribution in [0.3, 0.4) is 0 Å². The highest BCUT2D eigenvalue weighted by molar-refractivity contribution is 7.89. The lowest BCUT2D eigenvalue weighted by Crippen LogP contribution is -2.41. The summed E-state index contributed by atoms with van der Waals surface area (Å²) in [7, 11) is -3.67. The SMILES string of the molecule is CC(=O)c1cccc(NC(=O)CCn2nc(C)c(S(=O)(=O)N3CCOCC3)c2C)c1. The van der Waals surface area contributed by atoms with Crippen molar-refractivity contribution in [3.05, 3.63) is 41.2 Å².